The molecular formula is C20H31N5O. The van der Waals surface area contributed by atoms with Gasteiger partial charge in [-0.15, -0.1) is 0 Å². The standard InChI is InChI=1S/C20H31N5O/c26-20(25-11-5-2-6-12-25)17-7-13-24(14-8-17)19-15-18(21-16-22-19)23-9-3-1-4-10-23/h15-17H,1-14H2. The summed E-state index contributed by atoms with van der Waals surface area (Å²) in [4.78, 5) is 28.5. The van der Waals surface area contributed by atoms with E-state index in [1.165, 1.54) is 38.5 Å². The Morgan fingerprint density at radius 1 is 0.769 bits per heavy atom. The highest BCUT2D eigenvalue weighted by atomic mass is 16.2. The quantitative estimate of drug-likeness (QED) is 0.832. The van der Waals surface area contributed by atoms with Crippen LogP contribution in [0.1, 0.15) is 51.4 Å². The third-order valence-corrected chi connectivity index (χ3v) is 6.15. The van der Waals surface area contributed by atoms with Gasteiger partial charge in [0.1, 0.15) is 18.0 Å². The lowest BCUT2D eigenvalue weighted by Gasteiger charge is -2.36. The summed E-state index contributed by atoms with van der Waals surface area (Å²) in [6, 6.07) is 2.14. The number of rotatable bonds is 3. The number of hydrogen-bond donors (Lipinski definition) is 0. The SMILES string of the molecule is O=C(C1CCN(c2cc(N3CCCCC3)ncn2)CC1)N1CCCCC1. The van der Waals surface area contributed by atoms with E-state index in [1.807, 2.05) is 0 Å². The molecule has 0 bridgehead atoms. The van der Waals surface area contributed by atoms with Gasteiger partial charge in [0, 0.05) is 51.3 Å². The van der Waals surface area contributed by atoms with Crippen LogP contribution in [0, 0.1) is 5.92 Å². The third-order valence-electron chi connectivity index (χ3n) is 6.15. The molecule has 0 spiro atoms. The van der Waals surface area contributed by atoms with E-state index in [9.17, 15) is 4.79 Å². The summed E-state index contributed by atoms with van der Waals surface area (Å²) in [5.41, 5.74) is 0. The molecule has 3 aliphatic rings. The van der Waals surface area contributed by atoms with Crippen molar-refractivity contribution < 1.29 is 4.79 Å². The van der Waals surface area contributed by atoms with Gasteiger partial charge in [0.2, 0.25) is 5.91 Å². The molecule has 0 aliphatic carbocycles. The fourth-order valence-electron chi connectivity index (χ4n) is 4.53. The number of carbonyl (C=O) groups is 1. The highest BCUT2D eigenvalue weighted by Crippen LogP contribution is 2.27. The predicted octanol–water partition coefficient (Wildman–Crippen LogP) is 2.70. The predicted molar refractivity (Wildman–Crippen MR) is 103 cm³/mol. The molecule has 0 unspecified atom stereocenters. The smallest absolute Gasteiger partial charge is 0.225 e. The number of nitrogens with zero attached hydrogens (tertiary/aromatic N) is 5. The first-order valence-electron chi connectivity index (χ1n) is 10.4. The monoisotopic (exact) mass is 357 g/mol. The zero-order chi connectivity index (χ0) is 17.8. The van der Waals surface area contributed by atoms with Crippen LogP contribution in [0.5, 0.6) is 0 Å². The van der Waals surface area contributed by atoms with E-state index >= 15 is 0 Å². The summed E-state index contributed by atoms with van der Waals surface area (Å²) in [6.45, 7) is 5.96. The number of piperidine rings is 3. The molecule has 0 atom stereocenters. The Morgan fingerprint density at radius 3 is 1.92 bits per heavy atom. The zero-order valence-electron chi connectivity index (χ0n) is 15.8. The van der Waals surface area contributed by atoms with E-state index in [-0.39, 0.29) is 5.92 Å². The van der Waals surface area contributed by atoms with E-state index in [0.717, 1.165) is 63.7 Å². The average Bonchev–Trinajstić information content (AvgIpc) is 2.75. The van der Waals surface area contributed by atoms with Crippen LogP contribution >= 0.6 is 0 Å². The third kappa shape index (κ3) is 3.94. The van der Waals surface area contributed by atoms with Crippen LogP contribution in [0.4, 0.5) is 11.6 Å². The van der Waals surface area contributed by atoms with Crippen LogP contribution in [0.25, 0.3) is 0 Å². The molecular weight excluding hydrogens is 326 g/mol. The lowest BCUT2D eigenvalue weighted by atomic mass is 9.94. The van der Waals surface area contributed by atoms with E-state index in [1.54, 1.807) is 6.33 Å². The molecule has 0 radical (unpaired) electrons. The summed E-state index contributed by atoms with van der Waals surface area (Å²) in [5, 5.41) is 0. The fraction of sp³-hybridized carbons (Fsp3) is 0.750. The topological polar surface area (TPSA) is 52.6 Å². The number of anilines is 2. The summed E-state index contributed by atoms with van der Waals surface area (Å²) >= 11 is 0. The van der Waals surface area contributed by atoms with Gasteiger partial charge in [-0.25, -0.2) is 9.97 Å². The molecule has 3 saturated heterocycles. The summed E-state index contributed by atoms with van der Waals surface area (Å²) < 4.78 is 0. The molecule has 0 N–H and O–H groups in total. The molecule has 4 rings (SSSR count). The van der Waals surface area contributed by atoms with Gasteiger partial charge in [0.25, 0.3) is 0 Å². The minimum Gasteiger partial charge on any atom is -0.356 e. The lowest BCUT2D eigenvalue weighted by molar-refractivity contribution is -0.137. The van der Waals surface area contributed by atoms with Crippen molar-refractivity contribution in [3.05, 3.63) is 12.4 Å². The van der Waals surface area contributed by atoms with Crippen LogP contribution in [0.3, 0.4) is 0 Å². The summed E-state index contributed by atoms with van der Waals surface area (Å²) in [5.74, 6) is 2.67. The van der Waals surface area contributed by atoms with Crippen molar-refractivity contribution in [3.8, 4) is 0 Å². The van der Waals surface area contributed by atoms with Gasteiger partial charge in [-0.3, -0.25) is 4.79 Å². The molecule has 0 aromatic carbocycles. The maximum atomic E-state index is 12.7. The highest BCUT2D eigenvalue weighted by Gasteiger charge is 2.29. The first kappa shape index (κ1) is 17.6. The second kappa shape index (κ2) is 8.23. The number of aromatic nitrogens is 2. The number of hydrogen-bond acceptors (Lipinski definition) is 5. The molecule has 6 heteroatoms. The molecule has 4 heterocycles. The number of carbonyl (C=O) groups excluding carboxylic acids is 1. The van der Waals surface area contributed by atoms with Crippen molar-refractivity contribution in [2.24, 2.45) is 5.92 Å². The Bertz CT molecular complexity index is 602. The minimum absolute atomic E-state index is 0.202. The van der Waals surface area contributed by atoms with Crippen molar-refractivity contribution in [1.82, 2.24) is 14.9 Å². The Balaban J connectivity index is 1.35. The second-order valence-corrected chi connectivity index (χ2v) is 7.93. The van der Waals surface area contributed by atoms with Gasteiger partial charge in [0.05, 0.1) is 0 Å². The van der Waals surface area contributed by atoms with Crippen LogP contribution in [0.2, 0.25) is 0 Å². The minimum atomic E-state index is 0.202. The molecule has 3 fully saturated rings. The molecule has 1 aromatic heterocycles. The maximum absolute atomic E-state index is 12.7. The molecule has 6 nitrogen and oxygen atoms in total. The first-order chi connectivity index (χ1) is 12.8. The largest absolute Gasteiger partial charge is 0.356 e. The maximum Gasteiger partial charge on any atom is 0.225 e. The van der Waals surface area contributed by atoms with Crippen molar-refractivity contribution in [2.45, 2.75) is 51.4 Å². The fourth-order valence-corrected chi connectivity index (χ4v) is 4.53. The van der Waals surface area contributed by atoms with Crippen molar-refractivity contribution in [3.63, 3.8) is 0 Å². The molecule has 26 heavy (non-hydrogen) atoms. The van der Waals surface area contributed by atoms with Crippen LogP contribution in [0.15, 0.2) is 12.4 Å². The van der Waals surface area contributed by atoms with Gasteiger partial charge < -0.3 is 14.7 Å². The number of likely N-dealkylation sites (tertiary alicyclic amines) is 1. The highest BCUT2D eigenvalue weighted by molar-refractivity contribution is 5.79. The van der Waals surface area contributed by atoms with Gasteiger partial charge in [-0.05, 0) is 51.4 Å². The van der Waals surface area contributed by atoms with Gasteiger partial charge in [-0.1, -0.05) is 0 Å². The zero-order valence-corrected chi connectivity index (χ0v) is 15.8. The lowest BCUT2D eigenvalue weighted by Crippen LogP contribution is -2.44. The average molecular weight is 358 g/mol. The summed E-state index contributed by atoms with van der Waals surface area (Å²) in [7, 11) is 0. The van der Waals surface area contributed by atoms with E-state index in [2.05, 4.69) is 30.7 Å². The summed E-state index contributed by atoms with van der Waals surface area (Å²) in [6.07, 6.45) is 11.0. The van der Waals surface area contributed by atoms with Crippen LogP contribution in [-0.2, 0) is 4.79 Å². The first-order valence-corrected chi connectivity index (χ1v) is 10.4. The molecule has 1 amide bonds. The Morgan fingerprint density at radius 2 is 1.31 bits per heavy atom. The second-order valence-electron chi connectivity index (χ2n) is 7.93. The molecule has 3 aliphatic heterocycles. The Labute approximate surface area is 156 Å². The number of amides is 1. The normalized spacial score (nSPS) is 22.5. The van der Waals surface area contributed by atoms with E-state index < -0.39 is 0 Å². The van der Waals surface area contributed by atoms with Crippen LogP contribution in [-0.4, -0.2) is 60.0 Å². The molecule has 1 aromatic rings. The van der Waals surface area contributed by atoms with Crippen molar-refractivity contribution in [2.75, 3.05) is 49.1 Å². The Kier molecular flexibility index (Phi) is 5.56. The molecule has 142 valence electrons. The van der Waals surface area contributed by atoms with Crippen LogP contribution < -0.4 is 9.80 Å². The van der Waals surface area contributed by atoms with Crippen molar-refractivity contribution >= 4 is 17.5 Å². The van der Waals surface area contributed by atoms with E-state index in [4.69, 9.17) is 0 Å². The van der Waals surface area contributed by atoms with Gasteiger partial charge >= 0.3 is 0 Å². The van der Waals surface area contributed by atoms with Gasteiger partial charge in [-0.2, -0.15) is 0 Å². The molecule has 0 saturated carbocycles. The van der Waals surface area contributed by atoms with E-state index in [0.29, 0.717) is 5.91 Å². The Hall–Kier alpha value is -1.85. The van der Waals surface area contributed by atoms with Crippen molar-refractivity contribution in [1.29, 1.82) is 0 Å². The van der Waals surface area contributed by atoms with Gasteiger partial charge in [0.15, 0.2) is 0 Å².